The summed E-state index contributed by atoms with van der Waals surface area (Å²) in [6.07, 6.45) is 5.97. The summed E-state index contributed by atoms with van der Waals surface area (Å²) in [7, 11) is -0.296. The van der Waals surface area contributed by atoms with Crippen molar-refractivity contribution in [3.63, 3.8) is 0 Å². The third kappa shape index (κ3) is 5.15. The van der Waals surface area contributed by atoms with Crippen molar-refractivity contribution in [2.45, 2.75) is 64.7 Å². The Balaban J connectivity index is 4.35. The molecule has 0 bridgehead atoms. The van der Waals surface area contributed by atoms with Gasteiger partial charge in [0.05, 0.1) is 16.5 Å². The van der Waals surface area contributed by atoms with E-state index in [1.807, 2.05) is 6.08 Å². The van der Waals surface area contributed by atoms with Crippen LogP contribution in [0.4, 0.5) is 0 Å². The highest BCUT2D eigenvalue weighted by Gasteiger charge is 2.40. The summed E-state index contributed by atoms with van der Waals surface area (Å²) in [6.45, 7) is 18.2. The fraction of sp³-hybridized carbons (Fsp3) is 0.846. The third-order valence-electron chi connectivity index (χ3n) is 2.65. The molecule has 0 aromatic carbocycles. The average molecular weight is 215 g/mol. The van der Waals surface area contributed by atoms with Crippen LogP contribution in [0.15, 0.2) is 12.7 Å². The Morgan fingerprint density at radius 2 is 1.43 bits per heavy atom. The molecule has 0 atom stereocenters. The van der Waals surface area contributed by atoms with E-state index < -0.39 is 0 Å². The number of rotatable bonds is 4. The van der Waals surface area contributed by atoms with Crippen molar-refractivity contribution in [2.75, 3.05) is 6.16 Å². The molecule has 1 heteroatoms. The zero-order valence-electron chi connectivity index (χ0n) is 10.9. The van der Waals surface area contributed by atoms with Crippen LogP contribution in [0.25, 0.3) is 0 Å². The highest BCUT2D eigenvalue weighted by atomic mass is 31.1. The van der Waals surface area contributed by atoms with Crippen LogP contribution >= 0.6 is 7.92 Å². The molecule has 84 valence electrons. The van der Waals surface area contributed by atoms with Gasteiger partial charge in [-0.25, -0.2) is 0 Å². The standard InChI is InChI=1S/C13H27P/c1-8-9-10-11-14(12(2,3)4)13(5,6)7/h8H,1,9-11H2,2-7H3/p+1. The van der Waals surface area contributed by atoms with Crippen LogP contribution in [0.5, 0.6) is 0 Å². The van der Waals surface area contributed by atoms with Crippen LogP contribution in [0.3, 0.4) is 0 Å². The van der Waals surface area contributed by atoms with Gasteiger partial charge in [-0.05, 0) is 54.4 Å². The number of allylic oxidation sites excluding steroid dienone is 1. The van der Waals surface area contributed by atoms with Crippen molar-refractivity contribution in [3.8, 4) is 0 Å². The van der Waals surface area contributed by atoms with Crippen LogP contribution in [-0.4, -0.2) is 16.5 Å². The molecule has 0 aromatic heterocycles. The Morgan fingerprint density at radius 3 is 1.71 bits per heavy atom. The Hall–Kier alpha value is 0.170. The van der Waals surface area contributed by atoms with E-state index >= 15 is 0 Å². The molecule has 14 heavy (non-hydrogen) atoms. The number of unbranched alkanes of at least 4 members (excludes halogenated alkanes) is 1. The van der Waals surface area contributed by atoms with E-state index in [2.05, 4.69) is 48.1 Å². The second-order valence-corrected chi connectivity index (χ2v) is 10.6. The summed E-state index contributed by atoms with van der Waals surface area (Å²) in [5.74, 6) is 0. The summed E-state index contributed by atoms with van der Waals surface area (Å²) in [6, 6.07) is 0. The topological polar surface area (TPSA) is 0 Å². The molecule has 0 saturated carbocycles. The fourth-order valence-electron chi connectivity index (χ4n) is 2.30. The molecule has 0 fully saturated rings. The molecule has 0 aliphatic rings. The largest absolute Gasteiger partial charge is 0.103 e. The summed E-state index contributed by atoms with van der Waals surface area (Å²) in [5, 5.41) is 1.04. The predicted octanol–water partition coefficient (Wildman–Crippen LogP) is 4.76. The van der Waals surface area contributed by atoms with Gasteiger partial charge < -0.3 is 0 Å². The van der Waals surface area contributed by atoms with Crippen molar-refractivity contribution in [1.82, 2.24) is 0 Å². The maximum Gasteiger partial charge on any atom is 0.0698 e. The molecule has 0 saturated heterocycles. The highest BCUT2D eigenvalue weighted by molar-refractivity contribution is 7.60. The zero-order valence-corrected chi connectivity index (χ0v) is 11.9. The van der Waals surface area contributed by atoms with Crippen LogP contribution in [0.1, 0.15) is 54.4 Å². The van der Waals surface area contributed by atoms with Gasteiger partial charge in [0.15, 0.2) is 0 Å². The van der Waals surface area contributed by atoms with E-state index in [-0.39, 0.29) is 7.92 Å². The minimum absolute atomic E-state index is 0.296. The highest BCUT2D eigenvalue weighted by Crippen LogP contribution is 2.59. The lowest BCUT2D eigenvalue weighted by molar-refractivity contribution is 0.698. The first-order chi connectivity index (χ1) is 6.19. The molecule has 0 aliphatic carbocycles. The predicted molar refractivity (Wildman–Crippen MR) is 72.1 cm³/mol. The van der Waals surface area contributed by atoms with Gasteiger partial charge in [0.25, 0.3) is 0 Å². The summed E-state index contributed by atoms with van der Waals surface area (Å²) in [4.78, 5) is 0. The number of hydrogen-bond donors (Lipinski definition) is 0. The Morgan fingerprint density at radius 1 is 1.00 bits per heavy atom. The van der Waals surface area contributed by atoms with Crippen molar-refractivity contribution in [2.24, 2.45) is 0 Å². The van der Waals surface area contributed by atoms with E-state index in [9.17, 15) is 0 Å². The minimum Gasteiger partial charge on any atom is -0.103 e. The molecular weight excluding hydrogens is 187 g/mol. The van der Waals surface area contributed by atoms with Crippen molar-refractivity contribution >= 4 is 7.92 Å². The maximum absolute atomic E-state index is 3.79. The van der Waals surface area contributed by atoms with Gasteiger partial charge in [0, 0.05) is 7.92 Å². The molecular formula is C13H28P+. The Bertz CT molecular complexity index is 155. The minimum atomic E-state index is -0.296. The molecule has 0 nitrogen and oxygen atoms in total. The quantitative estimate of drug-likeness (QED) is 0.360. The average Bonchev–Trinajstić information content (AvgIpc) is 1.92. The van der Waals surface area contributed by atoms with Gasteiger partial charge in [0.1, 0.15) is 0 Å². The second-order valence-electron chi connectivity index (χ2n) is 6.16. The summed E-state index contributed by atoms with van der Waals surface area (Å²) < 4.78 is 0. The lowest BCUT2D eigenvalue weighted by atomic mass is 10.2. The Labute approximate surface area is 91.9 Å². The third-order valence-corrected chi connectivity index (χ3v) is 7.12. The van der Waals surface area contributed by atoms with E-state index in [1.54, 1.807) is 0 Å². The van der Waals surface area contributed by atoms with Gasteiger partial charge in [-0.2, -0.15) is 0 Å². The summed E-state index contributed by atoms with van der Waals surface area (Å²) >= 11 is 0. The molecule has 0 radical (unpaired) electrons. The monoisotopic (exact) mass is 215 g/mol. The summed E-state index contributed by atoms with van der Waals surface area (Å²) in [5.41, 5.74) is 0. The van der Waals surface area contributed by atoms with Gasteiger partial charge in [-0.15, -0.1) is 6.58 Å². The zero-order chi connectivity index (χ0) is 11.4. The smallest absolute Gasteiger partial charge is 0.0698 e. The SMILES string of the molecule is C=CCCC[PH+](C(C)(C)C)C(C)(C)C. The van der Waals surface area contributed by atoms with Crippen LogP contribution in [-0.2, 0) is 0 Å². The van der Waals surface area contributed by atoms with Crippen molar-refractivity contribution in [3.05, 3.63) is 12.7 Å². The molecule has 0 heterocycles. The van der Waals surface area contributed by atoms with Gasteiger partial charge in [-0.3, -0.25) is 0 Å². The van der Waals surface area contributed by atoms with E-state index in [4.69, 9.17) is 0 Å². The lowest BCUT2D eigenvalue weighted by Crippen LogP contribution is -2.26. The maximum atomic E-state index is 3.79. The van der Waals surface area contributed by atoms with Gasteiger partial charge in [0.2, 0.25) is 0 Å². The van der Waals surface area contributed by atoms with Crippen molar-refractivity contribution in [1.29, 1.82) is 0 Å². The van der Waals surface area contributed by atoms with Crippen LogP contribution in [0, 0.1) is 0 Å². The van der Waals surface area contributed by atoms with E-state index in [1.165, 1.54) is 19.0 Å². The molecule has 0 amide bonds. The molecule has 0 aliphatic heterocycles. The molecule has 0 rings (SSSR count). The first-order valence-electron chi connectivity index (χ1n) is 5.67. The van der Waals surface area contributed by atoms with Crippen LogP contribution in [0.2, 0.25) is 0 Å². The Kier molecular flexibility index (Phi) is 5.37. The van der Waals surface area contributed by atoms with Gasteiger partial charge in [-0.1, -0.05) is 6.08 Å². The normalized spacial score (nSPS) is 13.4. The fourth-order valence-corrected chi connectivity index (χ4v) is 6.61. The molecule has 0 unspecified atom stereocenters. The second kappa shape index (κ2) is 5.31. The van der Waals surface area contributed by atoms with Gasteiger partial charge >= 0.3 is 0 Å². The first kappa shape index (κ1) is 14.2. The van der Waals surface area contributed by atoms with Crippen molar-refractivity contribution < 1.29 is 0 Å². The number of hydrogen-bond acceptors (Lipinski definition) is 0. The van der Waals surface area contributed by atoms with E-state index in [0.29, 0.717) is 10.3 Å². The first-order valence-corrected chi connectivity index (χ1v) is 7.38. The lowest BCUT2D eigenvalue weighted by Gasteiger charge is -2.34. The van der Waals surface area contributed by atoms with E-state index in [0.717, 1.165) is 0 Å². The van der Waals surface area contributed by atoms with Crippen LogP contribution < -0.4 is 0 Å². The molecule has 0 aromatic rings. The molecule has 0 spiro atoms. The molecule has 0 N–H and O–H groups in total.